The third-order valence-corrected chi connectivity index (χ3v) is 5.84. The number of piperidine rings is 1. The molecular formula is C20H29N3O2. The number of unbranched alkanes of at least 4 members (excludes halogenated alkanes) is 1. The summed E-state index contributed by atoms with van der Waals surface area (Å²) in [6.45, 7) is 7.10. The average Bonchev–Trinajstić information content (AvgIpc) is 2.66. The smallest absolute Gasteiger partial charge is 0.265 e. The minimum atomic E-state index is 0.0783. The monoisotopic (exact) mass is 343 g/mol. The molecule has 3 heterocycles. The molecule has 0 saturated carbocycles. The summed E-state index contributed by atoms with van der Waals surface area (Å²) in [6, 6.07) is 8.64. The minimum absolute atomic E-state index is 0.0783. The lowest BCUT2D eigenvalue weighted by molar-refractivity contribution is -0.121. The van der Waals surface area contributed by atoms with Crippen LogP contribution in [-0.4, -0.2) is 67.6 Å². The van der Waals surface area contributed by atoms with E-state index in [0.717, 1.165) is 43.4 Å². The van der Waals surface area contributed by atoms with E-state index in [9.17, 15) is 4.79 Å². The van der Waals surface area contributed by atoms with Gasteiger partial charge in [0, 0.05) is 32.2 Å². The van der Waals surface area contributed by atoms with Crippen LogP contribution >= 0.6 is 0 Å². The first-order valence-electron chi connectivity index (χ1n) is 9.80. The predicted molar refractivity (Wildman–Crippen MR) is 99.2 cm³/mol. The lowest BCUT2D eigenvalue weighted by Gasteiger charge is -2.44. The molecule has 1 aromatic carbocycles. The number of fused-ring (bicyclic) bond motifs is 2. The van der Waals surface area contributed by atoms with E-state index in [-0.39, 0.29) is 12.5 Å². The van der Waals surface area contributed by atoms with Crippen LogP contribution in [0, 0.1) is 0 Å². The average molecular weight is 343 g/mol. The first-order chi connectivity index (χ1) is 12.3. The minimum Gasteiger partial charge on any atom is -0.482 e. The molecule has 1 atom stereocenters. The number of anilines is 1. The number of ether oxygens (including phenoxy) is 1. The number of carbonyl (C=O) groups is 1. The maximum atomic E-state index is 12.2. The van der Waals surface area contributed by atoms with Crippen molar-refractivity contribution in [3.8, 4) is 5.75 Å². The van der Waals surface area contributed by atoms with E-state index >= 15 is 0 Å². The van der Waals surface area contributed by atoms with Gasteiger partial charge in [0.15, 0.2) is 6.61 Å². The molecular weight excluding hydrogens is 314 g/mol. The molecule has 2 fully saturated rings. The second-order valence-corrected chi connectivity index (χ2v) is 7.50. The van der Waals surface area contributed by atoms with Crippen molar-refractivity contribution in [1.82, 2.24) is 9.80 Å². The number of benzene rings is 1. The van der Waals surface area contributed by atoms with Crippen LogP contribution in [0.25, 0.3) is 0 Å². The summed E-state index contributed by atoms with van der Waals surface area (Å²) in [5.41, 5.74) is 0.926. The second kappa shape index (κ2) is 7.75. The standard InChI is InChI=1S/C20H29N3O2/c24-20-16-25-19-9-2-1-8-18(19)23(20)12-6-5-10-21-13-14-22-11-4-3-7-17(22)15-21/h1-2,8-9,17H,3-7,10-16H2. The van der Waals surface area contributed by atoms with Gasteiger partial charge in [-0.15, -0.1) is 0 Å². The van der Waals surface area contributed by atoms with Gasteiger partial charge < -0.3 is 14.5 Å². The molecule has 0 radical (unpaired) electrons. The number of carbonyl (C=O) groups excluding carboxylic acids is 1. The second-order valence-electron chi connectivity index (χ2n) is 7.50. The van der Waals surface area contributed by atoms with Gasteiger partial charge in [-0.2, -0.15) is 0 Å². The normalized spacial score (nSPS) is 24.6. The van der Waals surface area contributed by atoms with E-state index < -0.39 is 0 Å². The summed E-state index contributed by atoms with van der Waals surface area (Å²) in [7, 11) is 0. The molecule has 4 rings (SSSR count). The molecule has 136 valence electrons. The maximum Gasteiger partial charge on any atom is 0.265 e. The Labute approximate surface area is 150 Å². The van der Waals surface area contributed by atoms with Crippen molar-refractivity contribution in [2.24, 2.45) is 0 Å². The highest BCUT2D eigenvalue weighted by molar-refractivity contribution is 5.97. The van der Waals surface area contributed by atoms with Gasteiger partial charge in [0.25, 0.3) is 5.91 Å². The number of nitrogens with zero attached hydrogens (tertiary/aromatic N) is 3. The third-order valence-electron chi connectivity index (χ3n) is 5.84. The Morgan fingerprint density at radius 2 is 1.92 bits per heavy atom. The Kier molecular flexibility index (Phi) is 5.22. The summed E-state index contributed by atoms with van der Waals surface area (Å²) < 4.78 is 5.51. The van der Waals surface area contributed by atoms with Gasteiger partial charge in [-0.05, 0) is 50.9 Å². The molecule has 1 unspecified atom stereocenters. The summed E-state index contributed by atoms with van der Waals surface area (Å²) in [5, 5.41) is 0. The number of para-hydroxylation sites is 2. The van der Waals surface area contributed by atoms with E-state index in [1.807, 2.05) is 29.2 Å². The molecule has 1 aromatic rings. The lowest BCUT2D eigenvalue weighted by atomic mass is 9.99. The largest absolute Gasteiger partial charge is 0.482 e. The van der Waals surface area contributed by atoms with E-state index in [0.29, 0.717) is 0 Å². The molecule has 3 aliphatic rings. The highest BCUT2D eigenvalue weighted by Crippen LogP contribution is 2.31. The molecule has 0 spiro atoms. The van der Waals surface area contributed by atoms with Crippen LogP contribution in [-0.2, 0) is 4.79 Å². The quantitative estimate of drug-likeness (QED) is 0.769. The van der Waals surface area contributed by atoms with E-state index in [4.69, 9.17) is 4.74 Å². The van der Waals surface area contributed by atoms with Crippen molar-refractivity contribution in [3.05, 3.63) is 24.3 Å². The zero-order valence-corrected chi connectivity index (χ0v) is 15.0. The molecule has 5 heteroatoms. The molecule has 0 aliphatic carbocycles. The van der Waals surface area contributed by atoms with Crippen LogP contribution in [0.2, 0.25) is 0 Å². The Morgan fingerprint density at radius 3 is 2.88 bits per heavy atom. The Hall–Kier alpha value is -1.59. The predicted octanol–water partition coefficient (Wildman–Crippen LogP) is 2.36. The first kappa shape index (κ1) is 16.9. The molecule has 3 aliphatic heterocycles. The van der Waals surface area contributed by atoms with Gasteiger partial charge in [0.2, 0.25) is 0 Å². The van der Waals surface area contributed by atoms with Gasteiger partial charge in [0.1, 0.15) is 5.75 Å². The molecule has 25 heavy (non-hydrogen) atoms. The summed E-state index contributed by atoms with van der Waals surface area (Å²) in [5.74, 6) is 0.907. The zero-order valence-electron chi connectivity index (χ0n) is 15.0. The van der Waals surface area contributed by atoms with E-state index in [1.165, 1.54) is 45.4 Å². The molecule has 1 amide bonds. The van der Waals surface area contributed by atoms with Crippen molar-refractivity contribution in [2.45, 2.75) is 38.1 Å². The van der Waals surface area contributed by atoms with Crippen LogP contribution in [0.15, 0.2) is 24.3 Å². The molecule has 0 bridgehead atoms. The first-order valence-corrected chi connectivity index (χ1v) is 9.80. The van der Waals surface area contributed by atoms with Crippen molar-refractivity contribution < 1.29 is 9.53 Å². The Balaban J connectivity index is 1.24. The number of amides is 1. The SMILES string of the molecule is O=C1COc2ccccc2N1CCCCN1CCN2CCCCC2C1. The summed E-state index contributed by atoms with van der Waals surface area (Å²) in [4.78, 5) is 19.4. The third kappa shape index (κ3) is 3.82. The van der Waals surface area contributed by atoms with Gasteiger partial charge in [-0.1, -0.05) is 18.6 Å². The highest BCUT2D eigenvalue weighted by Gasteiger charge is 2.28. The fourth-order valence-electron chi connectivity index (χ4n) is 4.43. The van der Waals surface area contributed by atoms with Gasteiger partial charge >= 0.3 is 0 Å². The summed E-state index contributed by atoms with van der Waals surface area (Å²) in [6.07, 6.45) is 6.35. The van der Waals surface area contributed by atoms with E-state index in [2.05, 4.69) is 9.80 Å². The Morgan fingerprint density at radius 1 is 1.04 bits per heavy atom. The topological polar surface area (TPSA) is 36.0 Å². The molecule has 0 aromatic heterocycles. The van der Waals surface area contributed by atoms with Gasteiger partial charge in [-0.25, -0.2) is 0 Å². The molecule has 2 saturated heterocycles. The van der Waals surface area contributed by atoms with Crippen LogP contribution in [0.3, 0.4) is 0 Å². The van der Waals surface area contributed by atoms with Crippen molar-refractivity contribution >= 4 is 11.6 Å². The van der Waals surface area contributed by atoms with Crippen LogP contribution < -0.4 is 9.64 Å². The fraction of sp³-hybridized carbons (Fsp3) is 0.650. The van der Waals surface area contributed by atoms with Crippen LogP contribution in [0.5, 0.6) is 5.75 Å². The molecule has 5 nitrogen and oxygen atoms in total. The van der Waals surface area contributed by atoms with Crippen molar-refractivity contribution in [2.75, 3.05) is 50.8 Å². The van der Waals surface area contributed by atoms with E-state index in [1.54, 1.807) is 0 Å². The zero-order chi connectivity index (χ0) is 17.1. The number of rotatable bonds is 5. The van der Waals surface area contributed by atoms with Crippen LogP contribution in [0.4, 0.5) is 5.69 Å². The maximum absolute atomic E-state index is 12.2. The van der Waals surface area contributed by atoms with Crippen LogP contribution in [0.1, 0.15) is 32.1 Å². The summed E-state index contributed by atoms with van der Waals surface area (Å²) >= 11 is 0. The number of piperazine rings is 1. The Bertz CT molecular complexity index is 606. The molecule has 0 N–H and O–H groups in total. The fourth-order valence-corrected chi connectivity index (χ4v) is 4.43. The number of hydrogen-bond acceptors (Lipinski definition) is 4. The van der Waals surface area contributed by atoms with Gasteiger partial charge in [-0.3, -0.25) is 9.69 Å². The number of hydrogen-bond donors (Lipinski definition) is 0. The van der Waals surface area contributed by atoms with Crippen molar-refractivity contribution in [1.29, 1.82) is 0 Å². The lowest BCUT2D eigenvalue weighted by Crippen LogP contribution is -2.54. The van der Waals surface area contributed by atoms with Gasteiger partial charge in [0.05, 0.1) is 5.69 Å². The van der Waals surface area contributed by atoms with Crippen molar-refractivity contribution in [3.63, 3.8) is 0 Å². The highest BCUT2D eigenvalue weighted by atomic mass is 16.5.